The largest absolute Gasteiger partial charge is 0.490 e. The van der Waals surface area contributed by atoms with E-state index in [9.17, 15) is 4.79 Å². The minimum Gasteiger partial charge on any atom is -0.490 e. The van der Waals surface area contributed by atoms with Crippen molar-refractivity contribution in [3.8, 4) is 16.9 Å². The quantitative estimate of drug-likeness (QED) is 0.230. The molecule has 0 unspecified atom stereocenters. The molecule has 0 saturated heterocycles. The van der Waals surface area contributed by atoms with E-state index in [4.69, 9.17) is 9.47 Å². The summed E-state index contributed by atoms with van der Waals surface area (Å²) in [5.41, 5.74) is 4.79. The fourth-order valence-electron chi connectivity index (χ4n) is 3.34. The summed E-state index contributed by atoms with van der Waals surface area (Å²) >= 11 is 1.53. The van der Waals surface area contributed by atoms with Gasteiger partial charge in [-0.25, -0.2) is 0 Å². The van der Waals surface area contributed by atoms with Gasteiger partial charge >= 0.3 is 5.97 Å². The Morgan fingerprint density at radius 3 is 2.15 bits per heavy atom. The first-order valence-corrected chi connectivity index (χ1v) is 12.2. The Labute approximate surface area is 201 Å². The minimum atomic E-state index is -0.589. The highest BCUT2D eigenvalue weighted by atomic mass is 32.2. The highest BCUT2D eigenvalue weighted by Gasteiger charge is 2.34. The monoisotopic (exact) mass is 460 g/mol. The van der Waals surface area contributed by atoms with Crippen LogP contribution in [0, 0.1) is 0 Å². The van der Waals surface area contributed by atoms with Crippen molar-refractivity contribution in [1.29, 1.82) is 0 Å². The second-order valence-electron chi connectivity index (χ2n) is 8.02. The standard InChI is InChI=1S/C29H32O3S/c1-5-29(4,28(30)31-6-2)33-27-18-16-26(17-19-27)32-21-20-22(3)23-12-14-25(15-13-23)24-10-8-7-9-11-24/h7-20H,5-6,21H2,1-4H3/b22-20+/t29-/m0/s1. The molecule has 4 heteroatoms. The number of hydrogen-bond acceptors (Lipinski definition) is 4. The summed E-state index contributed by atoms with van der Waals surface area (Å²) in [6, 6.07) is 26.9. The zero-order chi connectivity index (χ0) is 23.7. The Balaban J connectivity index is 1.56. The van der Waals surface area contributed by atoms with E-state index in [1.165, 1.54) is 34.0 Å². The zero-order valence-electron chi connectivity index (χ0n) is 19.8. The van der Waals surface area contributed by atoms with Crippen molar-refractivity contribution in [2.45, 2.75) is 43.8 Å². The van der Waals surface area contributed by atoms with Crippen LogP contribution in [-0.4, -0.2) is 23.9 Å². The van der Waals surface area contributed by atoms with Gasteiger partial charge in [-0.05, 0) is 79.8 Å². The number of benzene rings is 3. The summed E-state index contributed by atoms with van der Waals surface area (Å²) in [7, 11) is 0. The van der Waals surface area contributed by atoms with E-state index in [0.717, 1.165) is 10.6 Å². The first-order valence-electron chi connectivity index (χ1n) is 11.4. The predicted molar refractivity (Wildman–Crippen MR) is 139 cm³/mol. The maximum absolute atomic E-state index is 12.3. The molecule has 3 aromatic carbocycles. The summed E-state index contributed by atoms with van der Waals surface area (Å²) in [4.78, 5) is 13.3. The maximum atomic E-state index is 12.3. The lowest BCUT2D eigenvalue weighted by Crippen LogP contribution is -2.32. The van der Waals surface area contributed by atoms with Gasteiger partial charge in [0.05, 0.1) is 6.61 Å². The lowest BCUT2D eigenvalue weighted by molar-refractivity contribution is -0.145. The molecule has 0 aliphatic heterocycles. The fraction of sp³-hybridized carbons (Fsp3) is 0.276. The molecule has 0 fully saturated rings. The summed E-state index contributed by atoms with van der Waals surface area (Å²) < 4.78 is 10.6. The second kappa shape index (κ2) is 11.8. The van der Waals surface area contributed by atoms with Gasteiger partial charge in [0.25, 0.3) is 0 Å². The van der Waals surface area contributed by atoms with Crippen LogP contribution in [0.5, 0.6) is 5.75 Å². The van der Waals surface area contributed by atoms with Crippen LogP contribution >= 0.6 is 11.8 Å². The summed E-state index contributed by atoms with van der Waals surface area (Å²) in [5, 5.41) is 0. The first-order chi connectivity index (χ1) is 15.9. The van der Waals surface area contributed by atoms with E-state index < -0.39 is 4.75 Å². The average Bonchev–Trinajstić information content (AvgIpc) is 2.85. The van der Waals surface area contributed by atoms with Gasteiger partial charge in [-0.1, -0.05) is 61.5 Å². The fourth-order valence-corrected chi connectivity index (χ4v) is 4.42. The third kappa shape index (κ3) is 6.75. The molecule has 0 radical (unpaired) electrons. The van der Waals surface area contributed by atoms with Crippen LogP contribution in [0.4, 0.5) is 0 Å². The predicted octanol–water partition coefficient (Wildman–Crippen LogP) is 7.66. The molecule has 0 spiro atoms. The molecular formula is C29H32O3S. The molecule has 0 aromatic heterocycles. The third-order valence-electron chi connectivity index (χ3n) is 5.64. The molecule has 3 rings (SSSR count). The number of esters is 1. The average molecular weight is 461 g/mol. The summed E-state index contributed by atoms with van der Waals surface area (Å²) in [5.74, 6) is 0.632. The van der Waals surface area contributed by atoms with Gasteiger partial charge in [-0.2, -0.15) is 0 Å². The zero-order valence-corrected chi connectivity index (χ0v) is 20.7. The normalized spacial score (nSPS) is 13.3. The molecule has 172 valence electrons. The highest BCUT2D eigenvalue weighted by molar-refractivity contribution is 8.01. The van der Waals surface area contributed by atoms with E-state index in [1.54, 1.807) is 0 Å². The van der Waals surface area contributed by atoms with E-state index in [2.05, 4.69) is 61.5 Å². The van der Waals surface area contributed by atoms with Gasteiger partial charge in [-0.3, -0.25) is 4.79 Å². The van der Waals surface area contributed by atoms with E-state index in [1.807, 2.05) is 51.1 Å². The molecule has 0 aliphatic carbocycles. The molecular weight excluding hydrogens is 428 g/mol. The molecule has 0 aliphatic rings. The van der Waals surface area contributed by atoms with Gasteiger partial charge < -0.3 is 9.47 Å². The lowest BCUT2D eigenvalue weighted by atomic mass is 10.0. The van der Waals surface area contributed by atoms with Gasteiger partial charge in [0.15, 0.2) is 0 Å². The summed E-state index contributed by atoms with van der Waals surface area (Å²) in [6.07, 6.45) is 2.79. The molecule has 1 atom stereocenters. The number of thioether (sulfide) groups is 1. The smallest absolute Gasteiger partial charge is 0.322 e. The molecule has 0 heterocycles. The van der Waals surface area contributed by atoms with Crippen LogP contribution in [0.3, 0.4) is 0 Å². The molecule has 33 heavy (non-hydrogen) atoms. The van der Waals surface area contributed by atoms with Crippen molar-refractivity contribution in [2.24, 2.45) is 0 Å². The van der Waals surface area contributed by atoms with Crippen molar-refractivity contribution in [3.63, 3.8) is 0 Å². The number of carbonyl (C=O) groups is 1. The van der Waals surface area contributed by atoms with Crippen LogP contribution in [0.2, 0.25) is 0 Å². The van der Waals surface area contributed by atoms with Crippen molar-refractivity contribution < 1.29 is 14.3 Å². The topological polar surface area (TPSA) is 35.5 Å². The Morgan fingerprint density at radius 1 is 0.909 bits per heavy atom. The molecule has 0 amide bonds. The van der Waals surface area contributed by atoms with E-state index >= 15 is 0 Å². The third-order valence-corrected chi connectivity index (χ3v) is 7.05. The Morgan fingerprint density at radius 2 is 1.55 bits per heavy atom. The molecule has 0 N–H and O–H groups in total. The van der Waals surface area contributed by atoms with Gasteiger partial charge in [-0.15, -0.1) is 11.8 Å². The summed E-state index contributed by atoms with van der Waals surface area (Å²) in [6.45, 7) is 8.76. The minimum absolute atomic E-state index is 0.171. The van der Waals surface area contributed by atoms with Gasteiger partial charge in [0, 0.05) is 4.90 Å². The number of rotatable bonds is 10. The van der Waals surface area contributed by atoms with E-state index in [0.29, 0.717) is 19.6 Å². The molecule has 3 aromatic rings. The van der Waals surface area contributed by atoms with Crippen LogP contribution < -0.4 is 4.74 Å². The second-order valence-corrected chi connectivity index (χ2v) is 9.60. The van der Waals surface area contributed by atoms with Crippen molar-refractivity contribution in [2.75, 3.05) is 13.2 Å². The Bertz CT molecular complexity index is 1060. The highest BCUT2D eigenvalue weighted by Crippen LogP contribution is 2.37. The number of allylic oxidation sites excluding steroid dienone is 1. The van der Waals surface area contributed by atoms with E-state index in [-0.39, 0.29) is 5.97 Å². The number of carbonyl (C=O) groups excluding carboxylic acids is 1. The Hall–Kier alpha value is -2.98. The maximum Gasteiger partial charge on any atom is 0.322 e. The molecule has 0 saturated carbocycles. The van der Waals surface area contributed by atoms with Gasteiger partial charge in [0.1, 0.15) is 17.1 Å². The van der Waals surface area contributed by atoms with Crippen LogP contribution in [0.1, 0.15) is 39.7 Å². The van der Waals surface area contributed by atoms with Crippen LogP contribution in [-0.2, 0) is 9.53 Å². The number of ether oxygens (including phenoxy) is 2. The lowest BCUT2D eigenvalue weighted by Gasteiger charge is -2.25. The van der Waals surface area contributed by atoms with Crippen LogP contribution in [0.15, 0.2) is 89.8 Å². The Kier molecular flexibility index (Phi) is 8.79. The van der Waals surface area contributed by atoms with Crippen LogP contribution in [0.25, 0.3) is 16.7 Å². The molecule has 0 bridgehead atoms. The van der Waals surface area contributed by atoms with Crippen molar-refractivity contribution in [3.05, 3.63) is 90.5 Å². The first kappa shape index (κ1) is 24.7. The number of hydrogen-bond donors (Lipinski definition) is 0. The van der Waals surface area contributed by atoms with Gasteiger partial charge in [0.2, 0.25) is 0 Å². The molecule has 3 nitrogen and oxygen atoms in total. The van der Waals surface area contributed by atoms with Crippen molar-refractivity contribution in [1.82, 2.24) is 0 Å². The SMILES string of the molecule is CCOC(=O)[C@](C)(CC)Sc1ccc(OC/C=C(\C)c2ccc(-c3ccccc3)cc2)cc1. The van der Waals surface area contributed by atoms with Crippen molar-refractivity contribution >= 4 is 23.3 Å².